The Labute approximate surface area is 166 Å². The lowest BCUT2D eigenvalue weighted by atomic mass is 9.94. The summed E-state index contributed by atoms with van der Waals surface area (Å²) in [5, 5.41) is 4.41. The Morgan fingerprint density at radius 3 is 2.82 bits per heavy atom. The molecule has 8 heteroatoms. The van der Waals surface area contributed by atoms with Gasteiger partial charge in [-0.2, -0.15) is 4.98 Å². The fraction of sp³-hybridized carbons (Fsp3) is 0.300. The number of halogens is 2. The number of hydrogen-bond donors (Lipinski definition) is 0. The van der Waals surface area contributed by atoms with Crippen LogP contribution in [-0.4, -0.2) is 39.0 Å². The van der Waals surface area contributed by atoms with E-state index in [1.54, 1.807) is 42.7 Å². The van der Waals surface area contributed by atoms with Crippen molar-refractivity contribution in [2.75, 3.05) is 13.1 Å². The molecule has 0 bridgehead atoms. The number of alkyl halides is 1. The average molecular weight is 401 g/mol. The van der Waals surface area contributed by atoms with Crippen molar-refractivity contribution in [1.29, 1.82) is 0 Å². The molecule has 3 heterocycles. The van der Waals surface area contributed by atoms with Crippen LogP contribution in [-0.2, 0) is 16.9 Å². The molecule has 1 aromatic carbocycles. The maximum absolute atomic E-state index is 15.6. The highest BCUT2D eigenvalue weighted by Crippen LogP contribution is 2.35. The zero-order chi connectivity index (χ0) is 19.6. The molecule has 0 spiro atoms. The van der Waals surface area contributed by atoms with Gasteiger partial charge in [0, 0.05) is 29.5 Å². The van der Waals surface area contributed by atoms with Crippen molar-refractivity contribution < 1.29 is 13.7 Å². The standard InChI is InChI=1S/C20H18ClFN4O2/c21-16-5-2-1-4-15(16)12-17(27)26-11-3-8-20(22,13-26)19-24-18(25-28-19)14-6-9-23-10-7-14/h1-2,4-7,9-10H,3,8,11-13H2. The number of amides is 1. The number of benzene rings is 1. The summed E-state index contributed by atoms with van der Waals surface area (Å²) in [6.07, 6.45) is 4.07. The number of carbonyl (C=O) groups is 1. The first-order valence-corrected chi connectivity index (χ1v) is 9.38. The van der Waals surface area contributed by atoms with E-state index in [0.29, 0.717) is 29.4 Å². The Morgan fingerprint density at radius 2 is 2.04 bits per heavy atom. The van der Waals surface area contributed by atoms with E-state index in [1.165, 1.54) is 4.90 Å². The van der Waals surface area contributed by atoms with Crippen LogP contribution < -0.4 is 0 Å². The van der Waals surface area contributed by atoms with Crippen LogP contribution in [0.3, 0.4) is 0 Å². The monoisotopic (exact) mass is 400 g/mol. The van der Waals surface area contributed by atoms with Crippen molar-refractivity contribution in [2.45, 2.75) is 24.9 Å². The molecule has 6 nitrogen and oxygen atoms in total. The van der Waals surface area contributed by atoms with Gasteiger partial charge < -0.3 is 9.42 Å². The molecule has 1 aliphatic heterocycles. The van der Waals surface area contributed by atoms with Gasteiger partial charge in [-0.3, -0.25) is 9.78 Å². The average Bonchev–Trinajstić information content (AvgIpc) is 3.22. The predicted molar refractivity (Wildman–Crippen MR) is 101 cm³/mol. The first-order valence-electron chi connectivity index (χ1n) is 9.00. The number of pyridine rings is 1. The molecular formula is C20H18ClFN4O2. The van der Waals surface area contributed by atoms with Crippen LogP contribution in [0.15, 0.2) is 53.3 Å². The summed E-state index contributed by atoms with van der Waals surface area (Å²) >= 11 is 6.14. The number of hydrogen-bond acceptors (Lipinski definition) is 5. The predicted octanol–water partition coefficient (Wildman–Crippen LogP) is 3.81. The molecular weight excluding hydrogens is 383 g/mol. The molecule has 0 N–H and O–H groups in total. The number of aromatic nitrogens is 3. The molecule has 0 aliphatic carbocycles. The van der Waals surface area contributed by atoms with Crippen molar-refractivity contribution in [2.24, 2.45) is 0 Å². The van der Waals surface area contributed by atoms with Gasteiger partial charge in [-0.05, 0) is 36.6 Å². The van der Waals surface area contributed by atoms with Crippen molar-refractivity contribution in [1.82, 2.24) is 20.0 Å². The van der Waals surface area contributed by atoms with Crippen molar-refractivity contribution in [3.05, 3.63) is 65.3 Å². The van der Waals surface area contributed by atoms with E-state index in [0.717, 1.165) is 5.56 Å². The normalized spacial score (nSPS) is 19.6. The summed E-state index contributed by atoms with van der Waals surface area (Å²) in [7, 11) is 0. The van der Waals surface area contributed by atoms with Gasteiger partial charge >= 0.3 is 0 Å². The molecule has 0 radical (unpaired) electrons. The second kappa shape index (κ2) is 7.67. The van der Waals surface area contributed by atoms with E-state index in [4.69, 9.17) is 16.1 Å². The highest BCUT2D eigenvalue weighted by molar-refractivity contribution is 6.31. The van der Waals surface area contributed by atoms with E-state index in [9.17, 15) is 4.79 Å². The SMILES string of the molecule is O=C(Cc1ccccc1Cl)N1CCCC(F)(c2nc(-c3ccncc3)no2)C1. The van der Waals surface area contributed by atoms with Gasteiger partial charge in [-0.25, -0.2) is 4.39 Å². The second-order valence-corrected chi connectivity index (χ2v) is 7.22. The van der Waals surface area contributed by atoms with Gasteiger partial charge in [0.05, 0.1) is 13.0 Å². The summed E-state index contributed by atoms with van der Waals surface area (Å²) in [6.45, 7) is 0.370. The summed E-state index contributed by atoms with van der Waals surface area (Å²) in [6, 6.07) is 10.6. The number of carbonyl (C=O) groups excluding carboxylic acids is 1. The fourth-order valence-electron chi connectivity index (χ4n) is 3.34. The maximum Gasteiger partial charge on any atom is 0.266 e. The van der Waals surface area contributed by atoms with E-state index < -0.39 is 5.67 Å². The number of piperidine rings is 1. The first kappa shape index (κ1) is 18.6. The largest absolute Gasteiger partial charge is 0.339 e. The smallest absolute Gasteiger partial charge is 0.266 e. The summed E-state index contributed by atoms with van der Waals surface area (Å²) < 4.78 is 20.8. The molecule has 4 rings (SSSR count). The minimum absolute atomic E-state index is 0.102. The minimum atomic E-state index is -1.87. The molecule has 1 atom stereocenters. The Morgan fingerprint density at radius 1 is 1.25 bits per heavy atom. The van der Waals surface area contributed by atoms with Crippen LogP contribution in [0.25, 0.3) is 11.4 Å². The van der Waals surface area contributed by atoms with Gasteiger partial charge in [-0.1, -0.05) is 35.0 Å². The summed E-state index contributed by atoms with van der Waals surface area (Å²) in [5.41, 5.74) is -0.454. The van der Waals surface area contributed by atoms with Gasteiger partial charge in [0.25, 0.3) is 5.89 Å². The molecule has 28 heavy (non-hydrogen) atoms. The van der Waals surface area contributed by atoms with E-state index >= 15 is 4.39 Å². The zero-order valence-electron chi connectivity index (χ0n) is 15.0. The zero-order valence-corrected chi connectivity index (χ0v) is 15.8. The summed E-state index contributed by atoms with van der Waals surface area (Å²) in [4.78, 5) is 22.4. The van der Waals surface area contributed by atoms with Crippen LogP contribution in [0.4, 0.5) is 4.39 Å². The van der Waals surface area contributed by atoms with Crippen molar-refractivity contribution in [3.63, 3.8) is 0 Å². The molecule has 1 fully saturated rings. The lowest BCUT2D eigenvalue weighted by molar-refractivity contribution is -0.135. The van der Waals surface area contributed by atoms with Gasteiger partial charge in [0.2, 0.25) is 17.4 Å². The molecule has 2 aromatic heterocycles. The molecule has 1 unspecified atom stereocenters. The molecule has 1 saturated heterocycles. The van der Waals surface area contributed by atoms with Crippen LogP contribution in [0.5, 0.6) is 0 Å². The number of nitrogens with zero attached hydrogens (tertiary/aromatic N) is 4. The quantitative estimate of drug-likeness (QED) is 0.665. The van der Waals surface area contributed by atoms with Crippen molar-refractivity contribution >= 4 is 17.5 Å². The van der Waals surface area contributed by atoms with Crippen LogP contribution in [0, 0.1) is 0 Å². The van der Waals surface area contributed by atoms with Crippen molar-refractivity contribution in [3.8, 4) is 11.4 Å². The van der Waals surface area contributed by atoms with Gasteiger partial charge in [0.15, 0.2) is 0 Å². The third-order valence-corrected chi connectivity index (χ3v) is 5.21. The maximum atomic E-state index is 15.6. The van der Waals surface area contributed by atoms with Crippen LogP contribution in [0.2, 0.25) is 5.02 Å². The Bertz CT molecular complexity index is 981. The molecule has 144 valence electrons. The summed E-state index contributed by atoms with van der Waals surface area (Å²) in [5.74, 6) is 0.0206. The fourth-order valence-corrected chi connectivity index (χ4v) is 3.54. The molecule has 3 aromatic rings. The lowest BCUT2D eigenvalue weighted by Crippen LogP contribution is -2.47. The van der Waals surface area contributed by atoms with Gasteiger partial charge in [0.1, 0.15) is 0 Å². The first-order chi connectivity index (χ1) is 13.5. The van der Waals surface area contributed by atoms with Gasteiger partial charge in [-0.15, -0.1) is 0 Å². The molecule has 1 aliphatic rings. The van der Waals surface area contributed by atoms with Crippen LogP contribution in [0.1, 0.15) is 24.3 Å². The topological polar surface area (TPSA) is 72.1 Å². The second-order valence-electron chi connectivity index (χ2n) is 6.81. The minimum Gasteiger partial charge on any atom is -0.339 e. The lowest BCUT2D eigenvalue weighted by Gasteiger charge is -2.35. The molecule has 0 saturated carbocycles. The van der Waals surface area contributed by atoms with E-state index in [1.807, 2.05) is 6.07 Å². The number of rotatable bonds is 4. The highest BCUT2D eigenvalue weighted by Gasteiger charge is 2.43. The van der Waals surface area contributed by atoms with E-state index in [2.05, 4.69) is 15.1 Å². The Hall–Kier alpha value is -2.80. The highest BCUT2D eigenvalue weighted by atomic mass is 35.5. The Balaban J connectivity index is 1.50. The number of likely N-dealkylation sites (tertiary alicyclic amines) is 1. The molecule has 1 amide bonds. The Kier molecular flexibility index (Phi) is 5.09. The van der Waals surface area contributed by atoms with E-state index in [-0.39, 0.29) is 31.2 Å². The third kappa shape index (κ3) is 3.75. The van der Waals surface area contributed by atoms with Crippen LogP contribution >= 0.6 is 11.6 Å². The third-order valence-electron chi connectivity index (χ3n) is 4.84.